The molecule has 0 radical (unpaired) electrons. The van der Waals surface area contributed by atoms with Crippen LogP contribution in [0.2, 0.25) is 0 Å². The average Bonchev–Trinajstić information content (AvgIpc) is 3.22. The summed E-state index contributed by atoms with van der Waals surface area (Å²) in [7, 11) is 0. The molecule has 4 heterocycles. The maximum atomic E-state index is 2.52. The highest BCUT2D eigenvalue weighted by atomic mass is 15.3. The third-order valence-corrected chi connectivity index (χ3v) is 6.47. The summed E-state index contributed by atoms with van der Waals surface area (Å²) in [6.45, 7) is 3.85. The summed E-state index contributed by atoms with van der Waals surface area (Å²) in [6, 6.07) is 26.6. The van der Waals surface area contributed by atoms with Gasteiger partial charge in [0.1, 0.15) is 26.2 Å². The molecule has 2 aromatic heterocycles. The summed E-state index contributed by atoms with van der Waals surface area (Å²) < 4.78 is 10.1. The number of rotatable bonds is 0. The lowest BCUT2D eigenvalue weighted by Crippen LogP contribution is -2.47. The lowest BCUT2D eigenvalue weighted by molar-refractivity contribution is -0.688. The molecule has 28 heavy (non-hydrogen) atoms. The number of aryl methyl sites for hydroxylation is 2. The van der Waals surface area contributed by atoms with Gasteiger partial charge in [-0.2, -0.15) is 0 Å². The first-order valence-electron chi connectivity index (χ1n) is 9.99. The predicted octanol–water partition coefficient (Wildman–Crippen LogP) is 3.26. The highest BCUT2D eigenvalue weighted by Crippen LogP contribution is 2.31. The monoisotopic (exact) mass is 364 g/mol. The molecule has 5 aromatic rings. The van der Waals surface area contributed by atoms with E-state index >= 15 is 0 Å². The molecule has 2 aliphatic heterocycles. The molecule has 4 heteroatoms. The fourth-order valence-corrected chi connectivity index (χ4v) is 5.25. The Hall–Kier alpha value is -3.40. The third kappa shape index (κ3) is 1.71. The van der Waals surface area contributed by atoms with Crippen molar-refractivity contribution in [1.29, 1.82) is 0 Å². The first-order valence-corrected chi connectivity index (χ1v) is 9.99. The Balaban J connectivity index is 1.72. The number of nitrogens with zero attached hydrogens (tertiary/aromatic N) is 4. The lowest BCUT2D eigenvalue weighted by atomic mass is 10.1. The molecule has 0 N–H and O–H groups in total. The molecule has 0 atom stereocenters. The van der Waals surface area contributed by atoms with Crippen LogP contribution in [-0.4, -0.2) is 9.13 Å². The number of imidazole rings is 2. The van der Waals surface area contributed by atoms with Crippen molar-refractivity contribution in [2.24, 2.45) is 0 Å². The van der Waals surface area contributed by atoms with E-state index < -0.39 is 0 Å². The second kappa shape index (κ2) is 5.10. The summed E-state index contributed by atoms with van der Waals surface area (Å²) in [6.07, 6.45) is 0. The summed E-state index contributed by atoms with van der Waals surface area (Å²) in [5.74, 6) is 2.66. The van der Waals surface area contributed by atoms with Crippen molar-refractivity contribution >= 4 is 22.1 Å². The van der Waals surface area contributed by atoms with Crippen molar-refractivity contribution in [3.05, 3.63) is 83.9 Å². The van der Waals surface area contributed by atoms with Gasteiger partial charge in [0.05, 0.1) is 0 Å². The maximum Gasteiger partial charge on any atom is 0.374 e. The number of para-hydroxylation sites is 4. The number of fused-ring (bicyclic) bond motifs is 7. The van der Waals surface area contributed by atoms with Gasteiger partial charge >= 0.3 is 11.6 Å². The minimum absolute atomic E-state index is 0.917. The largest absolute Gasteiger partial charge is 0.374 e. The molecule has 134 valence electrons. The summed E-state index contributed by atoms with van der Waals surface area (Å²) in [5, 5.41) is 0. The smallest absolute Gasteiger partial charge is 0.212 e. The van der Waals surface area contributed by atoms with E-state index in [0.29, 0.717) is 0 Å². The summed E-state index contributed by atoms with van der Waals surface area (Å²) in [5.41, 5.74) is 8.12. The van der Waals surface area contributed by atoms with Gasteiger partial charge in [-0.25, -0.2) is 18.3 Å². The molecule has 0 saturated carbocycles. The second-order valence-electron chi connectivity index (χ2n) is 7.87. The molecular formula is C24H20N4+2. The van der Waals surface area contributed by atoms with Crippen LogP contribution in [0.5, 0.6) is 0 Å². The Labute approximate surface area is 162 Å². The van der Waals surface area contributed by atoms with E-state index in [0.717, 1.165) is 26.2 Å². The molecule has 4 nitrogen and oxygen atoms in total. The fraction of sp³-hybridized carbons (Fsp3) is 0.167. The van der Waals surface area contributed by atoms with Crippen molar-refractivity contribution in [2.45, 2.75) is 26.2 Å². The van der Waals surface area contributed by atoms with Gasteiger partial charge in [-0.15, -0.1) is 0 Å². The SMILES string of the molecule is c1ccc2c(c1)C[n+]1c3n(c4ccccc41)CCn1c-3[n+](c3ccccc31)C2. The van der Waals surface area contributed by atoms with E-state index in [9.17, 15) is 0 Å². The molecule has 2 aliphatic rings. The number of aromatic nitrogens is 4. The van der Waals surface area contributed by atoms with Gasteiger partial charge in [0.15, 0.2) is 22.1 Å². The zero-order chi connectivity index (χ0) is 18.2. The summed E-state index contributed by atoms with van der Waals surface area (Å²) >= 11 is 0. The molecule has 7 rings (SSSR count). The van der Waals surface area contributed by atoms with Crippen molar-refractivity contribution in [1.82, 2.24) is 9.13 Å². The van der Waals surface area contributed by atoms with Crippen LogP contribution in [0.3, 0.4) is 0 Å². The van der Waals surface area contributed by atoms with Crippen LogP contribution in [0.4, 0.5) is 0 Å². The van der Waals surface area contributed by atoms with Crippen LogP contribution in [-0.2, 0) is 26.2 Å². The van der Waals surface area contributed by atoms with Gasteiger partial charge in [-0.05, 0) is 24.3 Å². The molecule has 0 saturated heterocycles. The van der Waals surface area contributed by atoms with Crippen LogP contribution < -0.4 is 9.13 Å². The molecule has 0 spiro atoms. The van der Waals surface area contributed by atoms with Gasteiger partial charge in [-0.3, -0.25) is 0 Å². The normalized spacial score (nSPS) is 14.6. The third-order valence-electron chi connectivity index (χ3n) is 6.47. The van der Waals surface area contributed by atoms with Gasteiger partial charge in [0.25, 0.3) is 0 Å². The van der Waals surface area contributed by atoms with E-state index in [-0.39, 0.29) is 0 Å². The van der Waals surface area contributed by atoms with Gasteiger partial charge < -0.3 is 0 Å². The van der Waals surface area contributed by atoms with Crippen LogP contribution in [0.1, 0.15) is 11.1 Å². The van der Waals surface area contributed by atoms with Crippen LogP contribution in [0.15, 0.2) is 72.8 Å². The standard InChI is InChI=1S/C24H20N4/c1-2-8-18-16-28-22-12-6-4-10-20(22)26-14-13-25-19-9-3-5-11-21(19)27(15-17(18)7-1)23(25)24(26)28/h1-12H,13-16H2/q+2. The minimum Gasteiger partial charge on any atom is -0.212 e. The second-order valence-corrected chi connectivity index (χ2v) is 7.87. The molecule has 0 aliphatic carbocycles. The van der Waals surface area contributed by atoms with Crippen molar-refractivity contribution < 1.29 is 9.13 Å². The Morgan fingerprint density at radius 1 is 0.536 bits per heavy atom. The van der Waals surface area contributed by atoms with Gasteiger partial charge in [0.2, 0.25) is 0 Å². The Kier molecular flexibility index (Phi) is 2.67. The number of benzene rings is 3. The van der Waals surface area contributed by atoms with Gasteiger partial charge in [0, 0.05) is 11.1 Å². The topological polar surface area (TPSA) is 17.6 Å². The van der Waals surface area contributed by atoms with Gasteiger partial charge in [-0.1, -0.05) is 48.5 Å². The summed E-state index contributed by atoms with van der Waals surface area (Å²) in [4.78, 5) is 0. The van der Waals surface area contributed by atoms with E-state index in [1.54, 1.807) is 0 Å². The van der Waals surface area contributed by atoms with E-state index in [1.807, 2.05) is 0 Å². The molecule has 0 bridgehead atoms. The van der Waals surface area contributed by atoms with Crippen LogP contribution in [0, 0.1) is 0 Å². The van der Waals surface area contributed by atoms with Crippen LogP contribution in [0.25, 0.3) is 33.7 Å². The quantitative estimate of drug-likeness (QED) is 0.368. The molecule has 0 fully saturated rings. The van der Waals surface area contributed by atoms with Crippen molar-refractivity contribution in [3.63, 3.8) is 0 Å². The molecule has 0 amide bonds. The van der Waals surface area contributed by atoms with E-state index in [2.05, 4.69) is 91.1 Å². The average molecular weight is 364 g/mol. The Bertz CT molecular complexity index is 1310. The molecule has 3 aromatic carbocycles. The predicted molar refractivity (Wildman–Crippen MR) is 108 cm³/mol. The Morgan fingerprint density at radius 3 is 1.46 bits per heavy atom. The van der Waals surface area contributed by atoms with E-state index in [1.165, 1.54) is 44.8 Å². The first-order chi connectivity index (χ1) is 13.9. The fourth-order valence-electron chi connectivity index (χ4n) is 5.25. The zero-order valence-electron chi connectivity index (χ0n) is 15.5. The molecule has 0 unspecified atom stereocenters. The van der Waals surface area contributed by atoms with E-state index in [4.69, 9.17) is 0 Å². The van der Waals surface area contributed by atoms with Crippen LogP contribution >= 0.6 is 0 Å². The Morgan fingerprint density at radius 2 is 0.964 bits per heavy atom. The number of hydrogen-bond donors (Lipinski definition) is 0. The first kappa shape index (κ1) is 14.6. The minimum atomic E-state index is 0.917. The maximum absolute atomic E-state index is 2.52. The van der Waals surface area contributed by atoms with Crippen molar-refractivity contribution in [3.8, 4) is 11.6 Å². The number of hydrogen-bond acceptors (Lipinski definition) is 0. The highest BCUT2D eigenvalue weighted by molar-refractivity contribution is 5.79. The molecular weight excluding hydrogens is 344 g/mol. The zero-order valence-corrected chi connectivity index (χ0v) is 15.5. The highest BCUT2D eigenvalue weighted by Gasteiger charge is 2.43. The van der Waals surface area contributed by atoms with Crippen molar-refractivity contribution in [2.75, 3.05) is 0 Å². The lowest BCUT2D eigenvalue weighted by Gasteiger charge is -2.15.